The average Bonchev–Trinajstić information content (AvgIpc) is 2.38. The van der Waals surface area contributed by atoms with Crippen LogP contribution in [0.5, 0.6) is 0 Å². The molecule has 104 valence electrons. The number of hydrogen-bond donors (Lipinski definition) is 2. The fraction of sp³-hybridized carbons (Fsp3) is 0.250. The van der Waals surface area contributed by atoms with Gasteiger partial charge < -0.3 is 10.4 Å². The maximum atomic E-state index is 11.0. The largest absolute Gasteiger partial charge is 0.478 e. The first-order valence-corrected chi connectivity index (χ1v) is 6.51. The van der Waals surface area contributed by atoms with Gasteiger partial charge in [0.1, 0.15) is 5.82 Å². The van der Waals surface area contributed by atoms with Gasteiger partial charge in [0.15, 0.2) is 0 Å². The molecule has 4 nitrogen and oxygen atoms in total. The molecule has 20 heavy (non-hydrogen) atoms. The van der Waals surface area contributed by atoms with E-state index in [1.807, 2.05) is 13.8 Å². The lowest BCUT2D eigenvalue weighted by Crippen LogP contribution is -2.09. The molecule has 0 radical (unpaired) electrons. The number of anilines is 1. The van der Waals surface area contributed by atoms with Crippen LogP contribution in [-0.2, 0) is 0 Å². The molecule has 0 aliphatic rings. The normalized spacial score (nSPS) is 11.9. The molecule has 1 aromatic heterocycles. The van der Waals surface area contributed by atoms with Crippen molar-refractivity contribution in [3.8, 4) is 0 Å². The number of nitrogens with zero attached hydrogens (tertiary/aromatic N) is 1. The lowest BCUT2D eigenvalue weighted by atomic mass is 10.1. The van der Waals surface area contributed by atoms with E-state index in [-0.39, 0.29) is 11.6 Å². The molecule has 2 rings (SSSR count). The number of carboxylic acids is 1. The topological polar surface area (TPSA) is 62.2 Å². The van der Waals surface area contributed by atoms with Crippen LogP contribution < -0.4 is 5.32 Å². The number of carboxylic acid groups (broad SMARTS) is 1. The standard InChI is InChI=1S/C16H18N2O2/c1-10-4-6-13(7-5-10)12(3)18-15-9-14(16(19)20)8-11(2)17-15/h4-9,12H,1-3H3,(H,17,18)(H,19,20). The molecule has 0 aliphatic heterocycles. The Hall–Kier alpha value is -2.36. The lowest BCUT2D eigenvalue weighted by Gasteiger charge is -2.16. The highest BCUT2D eigenvalue weighted by Gasteiger charge is 2.10. The predicted molar refractivity (Wildman–Crippen MR) is 79.2 cm³/mol. The van der Waals surface area contributed by atoms with Gasteiger partial charge in [-0.3, -0.25) is 0 Å². The van der Waals surface area contributed by atoms with Crippen molar-refractivity contribution in [2.75, 3.05) is 5.32 Å². The first-order chi connectivity index (χ1) is 9.45. The number of hydrogen-bond acceptors (Lipinski definition) is 3. The molecule has 0 saturated heterocycles. The number of rotatable bonds is 4. The van der Waals surface area contributed by atoms with E-state index >= 15 is 0 Å². The number of carbonyl (C=O) groups is 1. The Labute approximate surface area is 118 Å². The fourth-order valence-corrected chi connectivity index (χ4v) is 2.03. The summed E-state index contributed by atoms with van der Waals surface area (Å²) in [4.78, 5) is 15.4. The molecule has 0 saturated carbocycles. The van der Waals surface area contributed by atoms with Crippen molar-refractivity contribution in [1.29, 1.82) is 0 Å². The summed E-state index contributed by atoms with van der Waals surface area (Å²) in [6.07, 6.45) is 0. The highest BCUT2D eigenvalue weighted by Crippen LogP contribution is 2.19. The number of aromatic carboxylic acids is 1. The molecular weight excluding hydrogens is 252 g/mol. The molecule has 2 aromatic rings. The molecule has 1 aromatic carbocycles. The Morgan fingerprint density at radius 3 is 2.45 bits per heavy atom. The minimum absolute atomic E-state index is 0.0616. The number of aryl methyl sites for hydroxylation is 2. The van der Waals surface area contributed by atoms with Gasteiger partial charge >= 0.3 is 5.97 Å². The first-order valence-electron chi connectivity index (χ1n) is 6.51. The van der Waals surface area contributed by atoms with Crippen molar-refractivity contribution in [2.24, 2.45) is 0 Å². The Balaban J connectivity index is 2.21. The molecule has 0 fully saturated rings. The zero-order valence-corrected chi connectivity index (χ0v) is 11.8. The molecule has 1 atom stereocenters. The molecule has 4 heteroatoms. The van der Waals surface area contributed by atoms with Crippen LogP contribution in [0.3, 0.4) is 0 Å². The van der Waals surface area contributed by atoms with Crippen LogP contribution in [0.1, 0.15) is 40.1 Å². The predicted octanol–water partition coefficient (Wildman–Crippen LogP) is 3.57. The maximum absolute atomic E-state index is 11.0. The summed E-state index contributed by atoms with van der Waals surface area (Å²) in [5, 5.41) is 12.3. The van der Waals surface area contributed by atoms with Crippen molar-refractivity contribution in [3.05, 3.63) is 58.8 Å². The summed E-state index contributed by atoms with van der Waals surface area (Å²) in [5.74, 6) is -0.364. The number of pyridine rings is 1. The van der Waals surface area contributed by atoms with E-state index in [1.54, 1.807) is 19.1 Å². The zero-order valence-electron chi connectivity index (χ0n) is 11.8. The summed E-state index contributed by atoms with van der Waals surface area (Å²) < 4.78 is 0. The van der Waals surface area contributed by atoms with Crippen molar-refractivity contribution in [3.63, 3.8) is 0 Å². The third-order valence-electron chi connectivity index (χ3n) is 3.14. The van der Waals surface area contributed by atoms with E-state index in [2.05, 4.69) is 34.6 Å². The molecule has 0 bridgehead atoms. The van der Waals surface area contributed by atoms with Gasteiger partial charge in [-0.15, -0.1) is 0 Å². The van der Waals surface area contributed by atoms with Crippen molar-refractivity contribution in [1.82, 2.24) is 4.98 Å². The quantitative estimate of drug-likeness (QED) is 0.891. The van der Waals surface area contributed by atoms with E-state index < -0.39 is 5.97 Å². The summed E-state index contributed by atoms with van der Waals surface area (Å²) in [5.41, 5.74) is 3.28. The summed E-state index contributed by atoms with van der Waals surface area (Å²) in [7, 11) is 0. The van der Waals surface area contributed by atoms with E-state index in [0.29, 0.717) is 11.5 Å². The molecule has 0 spiro atoms. The highest BCUT2D eigenvalue weighted by atomic mass is 16.4. The van der Waals surface area contributed by atoms with Gasteiger partial charge in [-0.1, -0.05) is 29.8 Å². The molecule has 0 amide bonds. The average molecular weight is 270 g/mol. The van der Waals surface area contributed by atoms with Gasteiger partial charge in [0.05, 0.1) is 5.56 Å². The van der Waals surface area contributed by atoms with Crippen LogP contribution in [0.2, 0.25) is 0 Å². The molecule has 0 aliphatic carbocycles. The van der Waals surface area contributed by atoms with Gasteiger partial charge in [0.2, 0.25) is 0 Å². The van der Waals surface area contributed by atoms with Gasteiger partial charge in [0, 0.05) is 11.7 Å². The smallest absolute Gasteiger partial charge is 0.335 e. The van der Waals surface area contributed by atoms with Crippen LogP contribution in [0.25, 0.3) is 0 Å². The third kappa shape index (κ3) is 3.35. The fourth-order valence-electron chi connectivity index (χ4n) is 2.03. The van der Waals surface area contributed by atoms with Crippen molar-refractivity contribution < 1.29 is 9.90 Å². The molecule has 2 N–H and O–H groups in total. The molecule has 1 heterocycles. The number of nitrogens with one attached hydrogen (secondary N) is 1. The summed E-state index contributed by atoms with van der Waals surface area (Å²) in [6, 6.07) is 11.4. The minimum atomic E-state index is -0.943. The Bertz CT molecular complexity index is 621. The van der Waals surface area contributed by atoms with Gasteiger partial charge in [0.25, 0.3) is 0 Å². The second-order valence-electron chi connectivity index (χ2n) is 4.96. The van der Waals surface area contributed by atoms with Crippen molar-refractivity contribution >= 4 is 11.8 Å². The minimum Gasteiger partial charge on any atom is -0.478 e. The van der Waals surface area contributed by atoms with Crippen LogP contribution >= 0.6 is 0 Å². The summed E-state index contributed by atoms with van der Waals surface area (Å²) in [6.45, 7) is 5.85. The van der Waals surface area contributed by atoms with Gasteiger partial charge in [-0.2, -0.15) is 0 Å². The summed E-state index contributed by atoms with van der Waals surface area (Å²) >= 11 is 0. The van der Waals surface area contributed by atoms with Crippen LogP contribution in [0.15, 0.2) is 36.4 Å². The van der Waals surface area contributed by atoms with E-state index in [9.17, 15) is 4.79 Å². The first kappa shape index (κ1) is 14.1. The van der Waals surface area contributed by atoms with Gasteiger partial charge in [-0.05, 0) is 38.5 Å². The Morgan fingerprint density at radius 1 is 1.20 bits per heavy atom. The van der Waals surface area contributed by atoms with E-state index in [4.69, 9.17) is 5.11 Å². The lowest BCUT2D eigenvalue weighted by molar-refractivity contribution is 0.0696. The molecular formula is C16H18N2O2. The van der Waals surface area contributed by atoms with Crippen LogP contribution in [-0.4, -0.2) is 16.1 Å². The second-order valence-corrected chi connectivity index (χ2v) is 4.96. The zero-order chi connectivity index (χ0) is 14.7. The SMILES string of the molecule is Cc1ccc(C(C)Nc2cc(C(=O)O)cc(C)n2)cc1. The van der Waals surface area contributed by atoms with Crippen LogP contribution in [0.4, 0.5) is 5.82 Å². The van der Waals surface area contributed by atoms with Crippen LogP contribution in [0, 0.1) is 13.8 Å². The van der Waals surface area contributed by atoms with E-state index in [0.717, 1.165) is 5.56 Å². The maximum Gasteiger partial charge on any atom is 0.335 e. The number of aromatic nitrogens is 1. The van der Waals surface area contributed by atoms with Crippen molar-refractivity contribution in [2.45, 2.75) is 26.8 Å². The second kappa shape index (κ2) is 5.74. The number of benzene rings is 1. The third-order valence-corrected chi connectivity index (χ3v) is 3.14. The van der Waals surface area contributed by atoms with Gasteiger partial charge in [-0.25, -0.2) is 9.78 Å². The Morgan fingerprint density at radius 2 is 1.85 bits per heavy atom. The Kier molecular flexibility index (Phi) is 4.03. The molecule has 1 unspecified atom stereocenters. The highest BCUT2D eigenvalue weighted by molar-refractivity contribution is 5.88. The monoisotopic (exact) mass is 270 g/mol. The van der Waals surface area contributed by atoms with E-state index in [1.165, 1.54) is 5.56 Å².